The molecular weight excluding hydrogens is 232 g/mol. The Kier molecular flexibility index (Phi) is 5.37. The summed E-state index contributed by atoms with van der Waals surface area (Å²) in [6.07, 6.45) is 5.94. The summed E-state index contributed by atoms with van der Waals surface area (Å²) in [5.74, 6) is 5.70. The van der Waals surface area contributed by atoms with Crippen LogP contribution in [0.15, 0.2) is 42.5 Å². The number of fused-ring (bicyclic) bond motifs is 1. The highest BCUT2D eigenvalue weighted by atomic mass is 15.2. The third-order valence-corrected chi connectivity index (χ3v) is 3.74. The summed E-state index contributed by atoms with van der Waals surface area (Å²) in [4.78, 5) is 0. The summed E-state index contributed by atoms with van der Waals surface area (Å²) in [5, 5.41) is 2.66. The Morgan fingerprint density at radius 2 is 1.84 bits per heavy atom. The largest absolute Gasteiger partial charge is 0.271 e. The molecule has 0 heterocycles. The molecule has 0 radical (unpaired) electrons. The van der Waals surface area contributed by atoms with Crippen LogP contribution in [0.2, 0.25) is 0 Å². The molecule has 0 aliphatic carbocycles. The lowest BCUT2D eigenvalue weighted by atomic mass is 9.96. The van der Waals surface area contributed by atoms with Crippen LogP contribution in [0, 0.1) is 0 Å². The van der Waals surface area contributed by atoms with Crippen LogP contribution in [0.1, 0.15) is 38.2 Å². The minimum absolute atomic E-state index is 0.373. The molecular formula is C17H24N2. The van der Waals surface area contributed by atoms with E-state index in [0.717, 1.165) is 12.8 Å². The molecule has 0 aliphatic heterocycles. The van der Waals surface area contributed by atoms with Crippen LogP contribution in [-0.2, 0) is 6.42 Å². The Bertz CT molecular complexity index is 502. The van der Waals surface area contributed by atoms with Crippen molar-refractivity contribution in [3.63, 3.8) is 0 Å². The van der Waals surface area contributed by atoms with Gasteiger partial charge in [0, 0.05) is 6.04 Å². The van der Waals surface area contributed by atoms with Gasteiger partial charge in [-0.25, -0.2) is 0 Å². The molecule has 2 aromatic rings. The van der Waals surface area contributed by atoms with Gasteiger partial charge in [-0.15, -0.1) is 0 Å². The summed E-state index contributed by atoms with van der Waals surface area (Å²) in [5.41, 5.74) is 4.36. The van der Waals surface area contributed by atoms with E-state index in [-0.39, 0.29) is 0 Å². The molecule has 0 saturated carbocycles. The lowest BCUT2D eigenvalue weighted by Crippen LogP contribution is -2.36. The topological polar surface area (TPSA) is 38.0 Å². The van der Waals surface area contributed by atoms with Crippen molar-refractivity contribution in [2.24, 2.45) is 5.84 Å². The summed E-state index contributed by atoms with van der Waals surface area (Å²) in [7, 11) is 0. The zero-order chi connectivity index (χ0) is 13.5. The number of hydrogen-bond donors (Lipinski definition) is 2. The normalized spacial score (nSPS) is 12.7. The molecule has 0 aliphatic rings. The second-order valence-corrected chi connectivity index (χ2v) is 5.20. The molecule has 1 unspecified atom stereocenters. The Hall–Kier alpha value is -1.38. The van der Waals surface area contributed by atoms with Gasteiger partial charge >= 0.3 is 0 Å². The second kappa shape index (κ2) is 7.27. The van der Waals surface area contributed by atoms with Crippen molar-refractivity contribution >= 4 is 10.8 Å². The number of benzene rings is 2. The highest BCUT2D eigenvalue weighted by molar-refractivity contribution is 5.85. The molecule has 0 amide bonds. The maximum Gasteiger partial charge on any atom is 0.0251 e. The van der Waals surface area contributed by atoms with Gasteiger partial charge in [-0.1, -0.05) is 68.7 Å². The van der Waals surface area contributed by atoms with Gasteiger partial charge in [0.25, 0.3) is 0 Å². The number of rotatable bonds is 7. The van der Waals surface area contributed by atoms with E-state index in [9.17, 15) is 0 Å². The average molecular weight is 256 g/mol. The standard InChI is InChI=1S/C17H24N2/c1-2-3-4-11-16(19-18)13-15-10-7-9-14-8-5-6-12-17(14)15/h5-10,12,16,19H,2-4,11,13,18H2,1H3. The fraction of sp³-hybridized carbons (Fsp3) is 0.412. The molecule has 19 heavy (non-hydrogen) atoms. The number of hydrogen-bond acceptors (Lipinski definition) is 2. The Morgan fingerprint density at radius 3 is 2.63 bits per heavy atom. The smallest absolute Gasteiger partial charge is 0.0251 e. The molecule has 2 nitrogen and oxygen atoms in total. The fourth-order valence-corrected chi connectivity index (χ4v) is 2.62. The Morgan fingerprint density at radius 1 is 1.05 bits per heavy atom. The average Bonchev–Trinajstić information content (AvgIpc) is 2.46. The summed E-state index contributed by atoms with van der Waals surface area (Å²) in [6.45, 7) is 2.23. The molecule has 2 heteroatoms. The van der Waals surface area contributed by atoms with Gasteiger partial charge in [0.1, 0.15) is 0 Å². The summed E-state index contributed by atoms with van der Waals surface area (Å²) in [6, 6.07) is 15.5. The molecule has 0 aromatic heterocycles. The van der Waals surface area contributed by atoms with E-state index in [1.54, 1.807) is 0 Å². The van der Waals surface area contributed by atoms with Crippen molar-refractivity contribution in [2.75, 3.05) is 0 Å². The maximum atomic E-state index is 5.70. The molecule has 0 saturated heterocycles. The second-order valence-electron chi connectivity index (χ2n) is 5.20. The third-order valence-electron chi connectivity index (χ3n) is 3.74. The van der Waals surface area contributed by atoms with Gasteiger partial charge in [-0.2, -0.15) is 0 Å². The number of nitrogens with one attached hydrogen (secondary N) is 1. The van der Waals surface area contributed by atoms with Crippen molar-refractivity contribution in [3.8, 4) is 0 Å². The number of nitrogens with two attached hydrogens (primary N) is 1. The highest BCUT2D eigenvalue weighted by Gasteiger charge is 2.09. The monoisotopic (exact) mass is 256 g/mol. The van der Waals surface area contributed by atoms with Gasteiger partial charge in [0.15, 0.2) is 0 Å². The zero-order valence-electron chi connectivity index (χ0n) is 11.7. The van der Waals surface area contributed by atoms with Crippen LogP contribution in [0.3, 0.4) is 0 Å². The van der Waals surface area contributed by atoms with Crippen molar-refractivity contribution < 1.29 is 0 Å². The molecule has 2 rings (SSSR count). The van der Waals surface area contributed by atoms with Crippen LogP contribution >= 0.6 is 0 Å². The van der Waals surface area contributed by atoms with Crippen molar-refractivity contribution in [3.05, 3.63) is 48.0 Å². The lowest BCUT2D eigenvalue weighted by Gasteiger charge is -2.17. The highest BCUT2D eigenvalue weighted by Crippen LogP contribution is 2.20. The molecule has 2 aromatic carbocycles. The third kappa shape index (κ3) is 3.79. The minimum Gasteiger partial charge on any atom is -0.271 e. The molecule has 0 bridgehead atoms. The van der Waals surface area contributed by atoms with Crippen LogP contribution in [0.4, 0.5) is 0 Å². The van der Waals surface area contributed by atoms with Crippen LogP contribution in [0.5, 0.6) is 0 Å². The van der Waals surface area contributed by atoms with Gasteiger partial charge in [-0.05, 0) is 29.2 Å². The lowest BCUT2D eigenvalue weighted by molar-refractivity contribution is 0.468. The van der Waals surface area contributed by atoms with E-state index in [4.69, 9.17) is 5.84 Å². The van der Waals surface area contributed by atoms with Crippen molar-refractivity contribution in [2.45, 2.75) is 45.1 Å². The zero-order valence-corrected chi connectivity index (χ0v) is 11.7. The molecule has 102 valence electrons. The van der Waals surface area contributed by atoms with Crippen LogP contribution < -0.4 is 11.3 Å². The summed E-state index contributed by atoms with van der Waals surface area (Å²) >= 11 is 0. The molecule has 3 N–H and O–H groups in total. The first-order valence-corrected chi connectivity index (χ1v) is 7.28. The first kappa shape index (κ1) is 14.0. The van der Waals surface area contributed by atoms with Gasteiger partial charge in [-0.3, -0.25) is 11.3 Å². The SMILES string of the molecule is CCCCCC(Cc1cccc2ccccc12)NN. The summed E-state index contributed by atoms with van der Waals surface area (Å²) < 4.78 is 0. The van der Waals surface area contributed by atoms with Gasteiger partial charge < -0.3 is 0 Å². The van der Waals surface area contributed by atoms with Crippen LogP contribution in [0.25, 0.3) is 10.8 Å². The van der Waals surface area contributed by atoms with E-state index in [2.05, 4.69) is 54.8 Å². The maximum absolute atomic E-state index is 5.70. The number of unbranched alkanes of at least 4 members (excludes halogenated alkanes) is 2. The molecule has 0 spiro atoms. The Balaban J connectivity index is 2.10. The predicted molar refractivity (Wildman–Crippen MR) is 82.9 cm³/mol. The molecule has 0 fully saturated rings. The predicted octanol–water partition coefficient (Wildman–Crippen LogP) is 3.79. The molecule has 1 atom stereocenters. The van der Waals surface area contributed by atoms with E-state index >= 15 is 0 Å². The minimum atomic E-state index is 0.373. The first-order valence-electron chi connectivity index (χ1n) is 7.28. The number of hydrazine groups is 1. The van der Waals surface area contributed by atoms with E-state index in [1.807, 2.05) is 0 Å². The van der Waals surface area contributed by atoms with Gasteiger partial charge in [0.2, 0.25) is 0 Å². The van der Waals surface area contributed by atoms with E-state index in [0.29, 0.717) is 6.04 Å². The fourth-order valence-electron chi connectivity index (χ4n) is 2.62. The quantitative estimate of drug-likeness (QED) is 0.449. The first-order chi connectivity index (χ1) is 9.35. The van der Waals surface area contributed by atoms with Gasteiger partial charge in [0.05, 0.1) is 0 Å². The van der Waals surface area contributed by atoms with Crippen LogP contribution in [-0.4, -0.2) is 6.04 Å². The van der Waals surface area contributed by atoms with Crippen molar-refractivity contribution in [1.29, 1.82) is 0 Å². The van der Waals surface area contributed by atoms with Crippen molar-refractivity contribution in [1.82, 2.24) is 5.43 Å². The van der Waals surface area contributed by atoms with E-state index in [1.165, 1.54) is 35.6 Å². The Labute approximate surface area is 116 Å². The van der Waals surface area contributed by atoms with E-state index < -0.39 is 0 Å².